The average Bonchev–Trinajstić information content (AvgIpc) is 2.91. The maximum Gasteiger partial charge on any atom is 0.348 e. The predicted octanol–water partition coefficient (Wildman–Crippen LogP) is 1.62. The van der Waals surface area contributed by atoms with E-state index in [0.717, 1.165) is 30.7 Å². The topological polar surface area (TPSA) is 81.4 Å². The minimum Gasteiger partial charge on any atom is -0.481 e. The zero-order valence-corrected chi connectivity index (χ0v) is 12.8. The Morgan fingerprint density at radius 3 is 2.81 bits per heavy atom. The Hall–Kier alpha value is -1.69. The lowest BCUT2D eigenvalue weighted by Crippen LogP contribution is -2.35. The van der Waals surface area contributed by atoms with E-state index < -0.39 is 5.97 Å². The van der Waals surface area contributed by atoms with Crippen molar-refractivity contribution in [3.63, 3.8) is 0 Å². The van der Waals surface area contributed by atoms with Gasteiger partial charge in [0.2, 0.25) is 0 Å². The Kier molecular flexibility index (Phi) is 4.77. The maximum atomic E-state index is 12.2. The number of rotatable bonds is 5. The molecule has 116 valence electrons. The van der Waals surface area contributed by atoms with Crippen LogP contribution in [-0.4, -0.2) is 33.3 Å². The minimum atomic E-state index is -0.848. The fourth-order valence-corrected chi connectivity index (χ4v) is 3.04. The molecule has 1 aliphatic rings. The van der Waals surface area contributed by atoms with Gasteiger partial charge in [-0.2, -0.15) is 4.98 Å². The van der Waals surface area contributed by atoms with E-state index in [1.807, 2.05) is 13.8 Å². The molecule has 0 bridgehead atoms. The minimum absolute atomic E-state index is 0.0261. The van der Waals surface area contributed by atoms with Crippen molar-refractivity contribution < 1.29 is 14.6 Å². The van der Waals surface area contributed by atoms with Gasteiger partial charge in [0.05, 0.1) is 12.1 Å². The fraction of sp³-hybridized carbons (Fsp3) is 0.667. The standard InChI is InChI=1S/C15H22N2O4/c1-9-12(6-7-14(18)19)10(2)17(15(20)16-9)11(3)13-5-4-8-21-13/h11,13H,4-8H2,1-3H3,(H,18,19). The molecule has 0 spiro atoms. The van der Waals surface area contributed by atoms with Crippen molar-refractivity contribution in [2.45, 2.75) is 58.6 Å². The quantitative estimate of drug-likeness (QED) is 0.892. The number of hydrogen-bond donors (Lipinski definition) is 1. The summed E-state index contributed by atoms with van der Waals surface area (Å²) in [5.41, 5.74) is 1.99. The summed E-state index contributed by atoms with van der Waals surface area (Å²) in [6, 6.07) is -0.0864. The van der Waals surface area contributed by atoms with Crippen molar-refractivity contribution in [2.24, 2.45) is 0 Å². The van der Waals surface area contributed by atoms with Gasteiger partial charge in [-0.05, 0) is 45.6 Å². The van der Waals surface area contributed by atoms with Crippen molar-refractivity contribution in [3.8, 4) is 0 Å². The van der Waals surface area contributed by atoms with Crippen LogP contribution in [0.3, 0.4) is 0 Å². The molecule has 1 N–H and O–H groups in total. The van der Waals surface area contributed by atoms with E-state index in [1.54, 1.807) is 11.5 Å². The SMILES string of the molecule is Cc1nc(=O)n(C(C)C2CCCO2)c(C)c1CCC(=O)O. The third-order valence-electron chi connectivity index (χ3n) is 4.20. The summed E-state index contributed by atoms with van der Waals surface area (Å²) >= 11 is 0. The Morgan fingerprint density at radius 2 is 2.24 bits per heavy atom. The first-order chi connectivity index (χ1) is 9.91. The van der Waals surface area contributed by atoms with Crippen molar-refractivity contribution in [3.05, 3.63) is 27.4 Å². The van der Waals surface area contributed by atoms with E-state index in [1.165, 1.54) is 0 Å². The maximum absolute atomic E-state index is 12.2. The summed E-state index contributed by atoms with van der Waals surface area (Å²) in [5.74, 6) is -0.848. The smallest absolute Gasteiger partial charge is 0.348 e. The van der Waals surface area contributed by atoms with Crippen molar-refractivity contribution in [2.75, 3.05) is 6.61 Å². The molecule has 6 heteroatoms. The monoisotopic (exact) mass is 294 g/mol. The highest BCUT2D eigenvalue weighted by molar-refractivity contribution is 5.67. The van der Waals surface area contributed by atoms with E-state index >= 15 is 0 Å². The zero-order valence-electron chi connectivity index (χ0n) is 12.8. The van der Waals surface area contributed by atoms with Gasteiger partial charge in [0.15, 0.2) is 0 Å². The van der Waals surface area contributed by atoms with E-state index in [0.29, 0.717) is 12.1 Å². The van der Waals surface area contributed by atoms with Gasteiger partial charge in [0.25, 0.3) is 0 Å². The van der Waals surface area contributed by atoms with Gasteiger partial charge in [-0.15, -0.1) is 0 Å². The van der Waals surface area contributed by atoms with Crippen LogP contribution < -0.4 is 5.69 Å². The number of aryl methyl sites for hydroxylation is 1. The largest absolute Gasteiger partial charge is 0.481 e. The van der Waals surface area contributed by atoms with E-state index in [2.05, 4.69) is 4.98 Å². The number of ether oxygens (including phenoxy) is 1. The molecule has 2 atom stereocenters. The lowest BCUT2D eigenvalue weighted by atomic mass is 10.0. The van der Waals surface area contributed by atoms with Crippen molar-refractivity contribution in [1.29, 1.82) is 0 Å². The number of carboxylic acid groups (broad SMARTS) is 1. The first-order valence-corrected chi connectivity index (χ1v) is 7.33. The molecular formula is C15H22N2O4. The zero-order chi connectivity index (χ0) is 15.6. The van der Waals surface area contributed by atoms with Crippen LogP contribution >= 0.6 is 0 Å². The van der Waals surface area contributed by atoms with Crippen LogP contribution in [-0.2, 0) is 16.0 Å². The molecule has 2 rings (SSSR count). The molecule has 0 aromatic carbocycles. The Balaban J connectivity index is 2.38. The Bertz CT molecular complexity index is 588. The van der Waals surface area contributed by atoms with Crippen molar-refractivity contribution >= 4 is 5.97 Å². The highest BCUT2D eigenvalue weighted by Gasteiger charge is 2.26. The summed E-state index contributed by atoms with van der Waals surface area (Å²) in [6.45, 7) is 6.31. The summed E-state index contributed by atoms with van der Waals surface area (Å²) in [4.78, 5) is 27.1. The average molecular weight is 294 g/mol. The molecule has 6 nitrogen and oxygen atoms in total. The van der Waals surface area contributed by atoms with E-state index in [-0.39, 0.29) is 24.3 Å². The van der Waals surface area contributed by atoms with Gasteiger partial charge >= 0.3 is 11.7 Å². The molecular weight excluding hydrogens is 272 g/mol. The van der Waals surface area contributed by atoms with Gasteiger partial charge in [-0.1, -0.05) is 0 Å². The molecule has 0 amide bonds. The van der Waals surface area contributed by atoms with Crippen LogP contribution in [0.2, 0.25) is 0 Å². The van der Waals surface area contributed by atoms with Crippen LogP contribution in [0.4, 0.5) is 0 Å². The summed E-state index contributed by atoms with van der Waals surface area (Å²) in [6.07, 6.45) is 2.39. The van der Waals surface area contributed by atoms with Crippen LogP contribution in [0.1, 0.15) is 49.2 Å². The molecule has 1 fully saturated rings. The second-order valence-electron chi connectivity index (χ2n) is 5.60. The third-order valence-corrected chi connectivity index (χ3v) is 4.20. The number of carbonyl (C=O) groups is 1. The first-order valence-electron chi connectivity index (χ1n) is 7.33. The summed E-state index contributed by atoms with van der Waals surface area (Å²) in [7, 11) is 0. The van der Waals surface area contributed by atoms with E-state index in [4.69, 9.17) is 9.84 Å². The molecule has 0 saturated carbocycles. The molecule has 1 aromatic rings. The number of nitrogens with zero attached hydrogens (tertiary/aromatic N) is 2. The number of carboxylic acids is 1. The molecule has 1 saturated heterocycles. The highest BCUT2D eigenvalue weighted by atomic mass is 16.5. The molecule has 2 unspecified atom stereocenters. The molecule has 2 heterocycles. The first kappa shape index (κ1) is 15.7. The number of aliphatic carboxylic acids is 1. The second-order valence-corrected chi connectivity index (χ2v) is 5.60. The summed E-state index contributed by atoms with van der Waals surface area (Å²) in [5, 5.41) is 8.85. The Labute approximate surface area is 123 Å². The van der Waals surface area contributed by atoms with Gasteiger partial charge in [0.1, 0.15) is 0 Å². The second kappa shape index (κ2) is 6.39. The lowest BCUT2D eigenvalue weighted by molar-refractivity contribution is -0.136. The molecule has 0 radical (unpaired) electrons. The number of aromatic nitrogens is 2. The highest BCUT2D eigenvalue weighted by Crippen LogP contribution is 2.25. The molecule has 0 aliphatic carbocycles. The van der Waals surface area contributed by atoms with Crippen LogP contribution in [0.15, 0.2) is 4.79 Å². The van der Waals surface area contributed by atoms with Gasteiger partial charge in [-0.3, -0.25) is 9.36 Å². The Morgan fingerprint density at radius 1 is 1.52 bits per heavy atom. The molecule has 21 heavy (non-hydrogen) atoms. The van der Waals surface area contributed by atoms with Crippen LogP contribution in [0.25, 0.3) is 0 Å². The van der Waals surface area contributed by atoms with Gasteiger partial charge < -0.3 is 9.84 Å². The van der Waals surface area contributed by atoms with Crippen LogP contribution in [0.5, 0.6) is 0 Å². The van der Waals surface area contributed by atoms with Crippen LogP contribution in [0, 0.1) is 13.8 Å². The van der Waals surface area contributed by atoms with Crippen molar-refractivity contribution in [1.82, 2.24) is 9.55 Å². The third kappa shape index (κ3) is 3.32. The number of hydrogen-bond acceptors (Lipinski definition) is 4. The van der Waals surface area contributed by atoms with E-state index in [9.17, 15) is 9.59 Å². The predicted molar refractivity (Wildman–Crippen MR) is 77.6 cm³/mol. The normalized spacial score (nSPS) is 19.7. The molecule has 1 aliphatic heterocycles. The van der Waals surface area contributed by atoms with Gasteiger partial charge in [-0.25, -0.2) is 4.79 Å². The fourth-order valence-electron chi connectivity index (χ4n) is 3.04. The summed E-state index contributed by atoms with van der Waals surface area (Å²) < 4.78 is 7.32. The molecule has 1 aromatic heterocycles. The lowest BCUT2D eigenvalue weighted by Gasteiger charge is -2.24. The van der Waals surface area contributed by atoms with Gasteiger partial charge in [0, 0.05) is 24.4 Å².